The smallest absolute Gasteiger partial charge is 0.461 e. The quantitative estimate of drug-likeness (QED) is 0.799. The van der Waals surface area contributed by atoms with Crippen LogP contribution < -0.4 is 10.2 Å². The number of hydrogen-bond acceptors (Lipinski definition) is 5. The van der Waals surface area contributed by atoms with E-state index in [0.717, 1.165) is 12.1 Å². The highest BCUT2D eigenvalue weighted by atomic mass is 19.4. The number of alkyl halides is 3. The van der Waals surface area contributed by atoms with Crippen LogP contribution in [0.2, 0.25) is 0 Å². The van der Waals surface area contributed by atoms with Gasteiger partial charge in [-0.05, 0) is 38.1 Å². The van der Waals surface area contributed by atoms with E-state index in [1.807, 2.05) is 0 Å². The molecule has 0 amide bonds. The minimum atomic E-state index is -4.79. The van der Waals surface area contributed by atoms with Crippen molar-refractivity contribution in [3.05, 3.63) is 51.9 Å². The topological polar surface area (TPSA) is 70.4 Å². The van der Waals surface area contributed by atoms with E-state index >= 15 is 0 Å². The van der Waals surface area contributed by atoms with E-state index in [1.54, 1.807) is 13.8 Å². The highest BCUT2D eigenvalue weighted by molar-refractivity contribution is 5.86. The highest BCUT2D eigenvalue weighted by Gasteiger charge is 2.31. The number of rotatable bonds is 4. The van der Waals surface area contributed by atoms with E-state index < -0.39 is 29.2 Å². The van der Waals surface area contributed by atoms with Gasteiger partial charge in [0.15, 0.2) is 0 Å². The van der Waals surface area contributed by atoms with Crippen molar-refractivity contribution in [2.24, 2.45) is 0 Å². The summed E-state index contributed by atoms with van der Waals surface area (Å²) in [6, 6.07) is 6.04. The molecule has 0 unspecified atom stereocenters. The second kappa shape index (κ2) is 6.73. The first-order valence-electron chi connectivity index (χ1n) is 6.85. The summed E-state index contributed by atoms with van der Waals surface area (Å²) in [5.41, 5.74) is -0.248. The normalized spacial score (nSPS) is 11.2. The van der Waals surface area contributed by atoms with E-state index in [2.05, 4.69) is 9.84 Å². The second-order valence-corrected chi connectivity index (χ2v) is 4.67. The maximum absolute atomic E-state index is 12.2. The number of hydrogen-bond donors (Lipinski definition) is 0. The maximum Gasteiger partial charge on any atom is 0.573 e. The van der Waals surface area contributed by atoms with Crippen molar-refractivity contribution < 1.29 is 27.4 Å². The Morgan fingerprint density at radius 2 is 1.88 bits per heavy atom. The molecule has 1 aromatic heterocycles. The lowest BCUT2D eigenvalue weighted by molar-refractivity contribution is -0.274. The van der Waals surface area contributed by atoms with Crippen LogP contribution in [0, 0.1) is 6.92 Å². The largest absolute Gasteiger partial charge is 0.573 e. The average Bonchev–Trinajstić information content (AvgIpc) is 2.47. The maximum atomic E-state index is 12.2. The van der Waals surface area contributed by atoms with Crippen molar-refractivity contribution in [1.82, 2.24) is 9.78 Å². The predicted octanol–water partition coefficient (Wildman–Crippen LogP) is 2.62. The lowest BCUT2D eigenvalue weighted by atomic mass is 10.2. The van der Waals surface area contributed by atoms with E-state index in [4.69, 9.17) is 4.74 Å². The Hall–Kier alpha value is -2.84. The van der Waals surface area contributed by atoms with Crippen LogP contribution in [0.3, 0.4) is 0 Å². The minimum Gasteiger partial charge on any atom is -0.461 e. The number of carbonyl (C=O) groups is 1. The molecule has 0 saturated heterocycles. The molecular weight excluding hydrogens is 329 g/mol. The third kappa shape index (κ3) is 4.12. The van der Waals surface area contributed by atoms with Crippen molar-refractivity contribution in [2.45, 2.75) is 20.2 Å². The Bertz CT molecular complexity index is 798. The third-order valence-corrected chi connectivity index (χ3v) is 2.89. The molecule has 128 valence electrons. The van der Waals surface area contributed by atoms with E-state index in [9.17, 15) is 22.8 Å². The highest BCUT2D eigenvalue weighted by Crippen LogP contribution is 2.23. The number of ether oxygens (including phenoxy) is 2. The van der Waals surface area contributed by atoms with Crippen LogP contribution in [0.15, 0.2) is 35.1 Å². The molecule has 1 heterocycles. The second-order valence-electron chi connectivity index (χ2n) is 4.67. The summed E-state index contributed by atoms with van der Waals surface area (Å²) in [5.74, 6) is -1.26. The predicted molar refractivity (Wildman–Crippen MR) is 77.2 cm³/mol. The van der Waals surface area contributed by atoms with Gasteiger partial charge in [0.05, 0.1) is 12.3 Å². The first kappa shape index (κ1) is 17.5. The molecule has 0 aliphatic rings. The summed E-state index contributed by atoms with van der Waals surface area (Å²) in [6.07, 6.45) is -4.79. The number of esters is 1. The zero-order chi connectivity index (χ0) is 17.9. The molecule has 0 saturated carbocycles. The lowest BCUT2D eigenvalue weighted by Crippen LogP contribution is -2.24. The van der Waals surface area contributed by atoms with Crippen molar-refractivity contribution in [2.75, 3.05) is 6.61 Å². The lowest BCUT2D eigenvalue weighted by Gasteiger charge is -2.12. The van der Waals surface area contributed by atoms with Gasteiger partial charge in [-0.15, -0.1) is 13.2 Å². The molecule has 24 heavy (non-hydrogen) atoms. The van der Waals surface area contributed by atoms with Crippen LogP contribution in [0.25, 0.3) is 5.69 Å². The van der Waals surface area contributed by atoms with Gasteiger partial charge in [0, 0.05) is 11.8 Å². The summed E-state index contributed by atoms with van der Waals surface area (Å²) in [4.78, 5) is 23.6. The Morgan fingerprint density at radius 1 is 1.25 bits per heavy atom. The molecule has 6 nitrogen and oxygen atoms in total. The van der Waals surface area contributed by atoms with Gasteiger partial charge in [0.2, 0.25) is 11.1 Å². The van der Waals surface area contributed by atoms with E-state index in [0.29, 0.717) is 11.4 Å². The van der Waals surface area contributed by atoms with Crippen LogP contribution in [-0.2, 0) is 4.74 Å². The fourth-order valence-electron chi connectivity index (χ4n) is 1.94. The first-order chi connectivity index (χ1) is 11.2. The van der Waals surface area contributed by atoms with Gasteiger partial charge >= 0.3 is 12.3 Å². The first-order valence-corrected chi connectivity index (χ1v) is 6.85. The van der Waals surface area contributed by atoms with Gasteiger partial charge < -0.3 is 9.47 Å². The van der Waals surface area contributed by atoms with Crippen molar-refractivity contribution in [1.29, 1.82) is 0 Å². The van der Waals surface area contributed by atoms with Crippen LogP contribution in [0.5, 0.6) is 5.75 Å². The fraction of sp³-hybridized carbons (Fsp3) is 0.267. The zero-order valence-electron chi connectivity index (χ0n) is 12.8. The molecule has 9 heteroatoms. The van der Waals surface area contributed by atoms with Crippen LogP contribution in [0.4, 0.5) is 13.2 Å². The summed E-state index contributed by atoms with van der Waals surface area (Å²) in [7, 11) is 0. The molecule has 0 radical (unpaired) electrons. The van der Waals surface area contributed by atoms with Crippen LogP contribution in [0.1, 0.15) is 23.1 Å². The number of nitrogens with zero attached hydrogens (tertiary/aromatic N) is 2. The number of halogens is 3. The summed E-state index contributed by atoms with van der Waals surface area (Å²) in [5, 5.41) is 3.93. The van der Waals surface area contributed by atoms with Gasteiger partial charge in [0.25, 0.3) is 0 Å². The van der Waals surface area contributed by atoms with Crippen molar-refractivity contribution >= 4 is 5.97 Å². The molecule has 0 N–H and O–H groups in total. The molecule has 0 spiro atoms. The Balaban J connectivity index is 2.39. The standard InChI is InChI=1S/C15H13F3N2O4/c1-3-23-14(22)13-12(21)8-9(2)20(19-13)10-4-6-11(7-5-10)24-15(16,17)18/h4-8H,3H2,1-2H3. The molecule has 0 bridgehead atoms. The zero-order valence-corrected chi connectivity index (χ0v) is 12.8. The molecule has 1 aromatic carbocycles. The number of carbonyl (C=O) groups excluding carboxylic acids is 1. The SMILES string of the molecule is CCOC(=O)c1nn(-c2ccc(OC(F)(F)F)cc2)c(C)cc1=O. The Morgan fingerprint density at radius 3 is 2.42 bits per heavy atom. The minimum absolute atomic E-state index is 0.0807. The molecule has 2 aromatic rings. The van der Waals surface area contributed by atoms with E-state index in [-0.39, 0.29) is 6.61 Å². The van der Waals surface area contributed by atoms with E-state index in [1.165, 1.54) is 22.9 Å². The van der Waals surface area contributed by atoms with Gasteiger partial charge in [-0.1, -0.05) is 0 Å². The fourth-order valence-corrected chi connectivity index (χ4v) is 1.94. The number of aromatic nitrogens is 2. The van der Waals surface area contributed by atoms with Gasteiger partial charge in [-0.3, -0.25) is 4.79 Å². The van der Waals surface area contributed by atoms with Gasteiger partial charge in [0.1, 0.15) is 5.75 Å². The number of benzene rings is 1. The van der Waals surface area contributed by atoms with Gasteiger partial charge in [-0.2, -0.15) is 5.10 Å². The molecular formula is C15H13F3N2O4. The summed E-state index contributed by atoms with van der Waals surface area (Å²) >= 11 is 0. The Kier molecular flexibility index (Phi) is 4.91. The Labute approximate surface area is 134 Å². The monoisotopic (exact) mass is 342 g/mol. The van der Waals surface area contributed by atoms with Crippen LogP contribution >= 0.6 is 0 Å². The van der Waals surface area contributed by atoms with Crippen molar-refractivity contribution in [3.63, 3.8) is 0 Å². The number of aryl methyl sites for hydroxylation is 1. The summed E-state index contributed by atoms with van der Waals surface area (Å²) < 4.78 is 46.3. The van der Waals surface area contributed by atoms with Gasteiger partial charge in [-0.25, -0.2) is 9.48 Å². The van der Waals surface area contributed by atoms with Crippen LogP contribution in [-0.4, -0.2) is 28.7 Å². The average molecular weight is 342 g/mol. The molecule has 0 aliphatic carbocycles. The molecule has 2 rings (SSSR count). The summed E-state index contributed by atoms with van der Waals surface area (Å²) in [6.45, 7) is 3.24. The molecule has 0 atom stereocenters. The molecule has 0 fully saturated rings. The van der Waals surface area contributed by atoms with Crippen molar-refractivity contribution in [3.8, 4) is 11.4 Å². The third-order valence-electron chi connectivity index (χ3n) is 2.89. The molecule has 0 aliphatic heterocycles.